The predicted octanol–water partition coefficient (Wildman–Crippen LogP) is 0.825. The maximum absolute atomic E-state index is 5.92. The largest absolute Gasteiger partial charge is 0.387 e. The van der Waals surface area contributed by atoms with Crippen molar-refractivity contribution in [2.45, 2.75) is 32.2 Å². The maximum atomic E-state index is 5.92. The van der Waals surface area contributed by atoms with E-state index in [1.165, 1.54) is 25.7 Å². The van der Waals surface area contributed by atoms with Crippen molar-refractivity contribution in [1.82, 2.24) is 15.0 Å². The van der Waals surface area contributed by atoms with Crippen molar-refractivity contribution in [2.75, 3.05) is 6.54 Å². The van der Waals surface area contributed by atoms with Crippen LogP contribution < -0.4 is 5.73 Å². The minimum absolute atomic E-state index is 0.528. The van der Waals surface area contributed by atoms with Crippen LogP contribution in [0.1, 0.15) is 25.7 Å². The Morgan fingerprint density at radius 1 is 1.47 bits per heavy atom. The molecule has 2 N–H and O–H groups in total. The van der Waals surface area contributed by atoms with E-state index < -0.39 is 0 Å². The summed E-state index contributed by atoms with van der Waals surface area (Å²) in [6.07, 6.45) is 8.51. The number of nitrogens with zero attached hydrogens (tertiary/aromatic N) is 4. The highest BCUT2D eigenvalue weighted by Gasteiger charge is 2.17. The number of rotatable bonds is 4. The van der Waals surface area contributed by atoms with E-state index in [0.717, 1.165) is 12.4 Å². The molecule has 0 saturated heterocycles. The summed E-state index contributed by atoms with van der Waals surface area (Å²) < 4.78 is 1.77. The zero-order valence-corrected chi connectivity index (χ0v) is 8.84. The second-order valence-electron chi connectivity index (χ2n) is 3.95. The first-order valence-corrected chi connectivity index (χ1v) is 5.50. The van der Waals surface area contributed by atoms with Crippen LogP contribution in [0.3, 0.4) is 0 Å². The number of hydrogen-bond acceptors (Lipinski definition) is 3. The summed E-state index contributed by atoms with van der Waals surface area (Å²) in [5.74, 6) is 1.35. The molecule has 1 aliphatic carbocycles. The van der Waals surface area contributed by atoms with Gasteiger partial charge in [0.2, 0.25) is 0 Å². The predicted molar refractivity (Wildman–Crippen MR) is 58.5 cm³/mol. The molecule has 1 aromatic rings. The lowest BCUT2D eigenvalue weighted by Gasteiger charge is -2.07. The molecule has 1 heterocycles. The van der Waals surface area contributed by atoms with Gasteiger partial charge in [-0.05, 0) is 12.8 Å². The lowest BCUT2D eigenvalue weighted by atomic mass is 10.1. The molecule has 0 aliphatic heterocycles. The molecule has 82 valence electrons. The van der Waals surface area contributed by atoms with E-state index in [-0.39, 0.29) is 0 Å². The first kappa shape index (κ1) is 10.1. The number of amidine groups is 1. The molecular weight excluding hydrogens is 190 g/mol. The summed E-state index contributed by atoms with van der Waals surface area (Å²) in [4.78, 5) is 4.39. The summed E-state index contributed by atoms with van der Waals surface area (Å²) in [5, 5.41) is 7.60. The summed E-state index contributed by atoms with van der Waals surface area (Å²) in [5.41, 5.74) is 5.92. The Balaban J connectivity index is 1.78. The lowest BCUT2D eigenvalue weighted by molar-refractivity contribution is 0.595. The van der Waals surface area contributed by atoms with Crippen LogP contribution in [0, 0.1) is 5.92 Å². The molecule has 5 heteroatoms. The SMILES string of the molecule is NC(=NCCn1ccnn1)C1CCCC1. The van der Waals surface area contributed by atoms with Crippen molar-refractivity contribution in [2.24, 2.45) is 16.6 Å². The van der Waals surface area contributed by atoms with Gasteiger partial charge < -0.3 is 5.73 Å². The second-order valence-corrected chi connectivity index (χ2v) is 3.95. The third kappa shape index (κ3) is 2.78. The minimum atomic E-state index is 0.528. The third-order valence-corrected chi connectivity index (χ3v) is 2.87. The van der Waals surface area contributed by atoms with E-state index in [1.54, 1.807) is 10.9 Å². The van der Waals surface area contributed by atoms with Crippen LogP contribution in [0.2, 0.25) is 0 Å². The Morgan fingerprint density at radius 3 is 2.93 bits per heavy atom. The average Bonchev–Trinajstić information content (AvgIpc) is 2.90. The Kier molecular flexibility index (Phi) is 3.32. The molecule has 1 aromatic heterocycles. The van der Waals surface area contributed by atoms with Crippen LogP contribution in [0.15, 0.2) is 17.4 Å². The molecule has 0 aromatic carbocycles. The van der Waals surface area contributed by atoms with Gasteiger partial charge in [0.1, 0.15) is 0 Å². The highest BCUT2D eigenvalue weighted by Crippen LogP contribution is 2.24. The van der Waals surface area contributed by atoms with Gasteiger partial charge in [-0.15, -0.1) is 5.10 Å². The Hall–Kier alpha value is -1.39. The molecule has 0 unspecified atom stereocenters. The number of nitrogens with two attached hydrogens (primary N) is 1. The van der Waals surface area contributed by atoms with Gasteiger partial charge in [-0.3, -0.25) is 9.67 Å². The van der Waals surface area contributed by atoms with E-state index in [0.29, 0.717) is 12.5 Å². The van der Waals surface area contributed by atoms with E-state index >= 15 is 0 Å². The molecule has 1 fully saturated rings. The van der Waals surface area contributed by atoms with Crippen LogP contribution in [0.4, 0.5) is 0 Å². The Bertz CT molecular complexity index is 311. The summed E-state index contributed by atoms with van der Waals surface area (Å²) in [6, 6.07) is 0. The van der Waals surface area contributed by atoms with Gasteiger partial charge >= 0.3 is 0 Å². The van der Waals surface area contributed by atoms with Crippen molar-refractivity contribution >= 4 is 5.84 Å². The highest BCUT2D eigenvalue weighted by molar-refractivity contribution is 5.83. The number of hydrogen-bond donors (Lipinski definition) is 1. The highest BCUT2D eigenvalue weighted by atomic mass is 15.4. The standard InChI is InChI=1S/C10H17N5/c11-10(9-3-1-2-4-9)12-5-7-15-8-6-13-14-15/h6,8-9H,1-5,7H2,(H2,11,12). The molecule has 1 saturated carbocycles. The molecule has 2 rings (SSSR count). The zero-order valence-electron chi connectivity index (χ0n) is 8.84. The minimum Gasteiger partial charge on any atom is -0.387 e. The second kappa shape index (κ2) is 4.91. The third-order valence-electron chi connectivity index (χ3n) is 2.87. The van der Waals surface area contributed by atoms with Crippen LogP contribution in [0.5, 0.6) is 0 Å². The topological polar surface area (TPSA) is 69.1 Å². The van der Waals surface area contributed by atoms with Crippen molar-refractivity contribution < 1.29 is 0 Å². The molecule has 0 bridgehead atoms. The van der Waals surface area contributed by atoms with Gasteiger partial charge in [-0.25, -0.2) is 0 Å². The van der Waals surface area contributed by atoms with Gasteiger partial charge in [0.05, 0.1) is 25.1 Å². The molecule has 0 spiro atoms. The summed E-state index contributed by atoms with van der Waals surface area (Å²) in [6.45, 7) is 1.46. The number of aromatic nitrogens is 3. The quantitative estimate of drug-likeness (QED) is 0.587. The normalized spacial score (nSPS) is 18.5. The fraction of sp³-hybridized carbons (Fsp3) is 0.700. The van der Waals surface area contributed by atoms with Crippen molar-refractivity contribution in [3.05, 3.63) is 12.4 Å². The van der Waals surface area contributed by atoms with E-state index in [1.807, 2.05) is 6.20 Å². The molecular formula is C10H17N5. The Morgan fingerprint density at radius 2 is 2.27 bits per heavy atom. The van der Waals surface area contributed by atoms with Crippen LogP contribution in [0.25, 0.3) is 0 Å². The van der Waals surface area contributed by atoms with Gasteiger partial charge in [-0.2, -0.15) is 0 Å². The van der Waals surface area contributed by atoms with Crippen molar-refractivity contribution in [1.29, 1.82) is 0 Å². The molecule has 0 amide bonds. The van der Waals surface area contributed by atoms with Gasteiger partial charge in [-0.1, -0.05) is 18.1 Å². The summed E-state index contributed by atoms with van der Waals surface area (Å²) >= 11 is 0. The van der Waals surface area contributed by atoms with E-state index in [2.05, 4.69) is 15.3 Å². The van der Waals surface area contributed by atoms with Crippen molar-refractivity contribution in [3.63, 3.8) is 0 Å². The van der Waals surface area contributed by atoms with Gasteiger partial charge in [0, 0.05) is 12.1 Å². The first-order chi connectivity index (χ1) is 7.36. The van der Waals surface area contributed by atoms with Crippen LogP contribution in [-0.2, 0) is 6.54 Å². The van der Waals surface area contributed by atoms with Crippen molar-refractivity contribution in [3.8, 4) is 0 Å². The average molecular weight is 207 g/mol. The van der Waals surface area contributed by atoms with Gasteiger partial charge in [0.15, 0.2) is 0 Å². The monoisotopic (exact) mass is 207 g/mol. The molecule has 1 aliphatic rings. The first-order valence-electron chi connectivity index (χ1n) is 5.50. The maximum Gasteiger partial charge on any atom is 0.0969 e. The number of aliphatic imine (C=N–C) groups is 1. The molecule has 0 atom stereocenters. The fourth-order valence-electron chi connectivity index (χ4n) is 1.98. The Labute approximate surface area is 89.4 Å². The smallest absolute Gasteiger partial charge is 0.0969 e. The van der Waals surface area contributed by atoms with E-state index in [4.69, 9.17) is 5.73 Å². The van der Waals surface area contributed by atoms with Crippen LogP contribution >= 0.6 is 0 Å². The molecule has 0 radical (unpaired) electrons. The summed E-state index contributed by atoms with van der Waals surface area (Å²) in [7, 11) is 0. The molecule has 5 nitrogen and oxygen atoms in total. The van der Waals surface area contributed by atoms with Crippen LogP contribution in [-0.4, -0.2) is 27.4 Å². The van der Waals surface area contributed by atoms with E-state index in [9.17, 15) is 0 Å². The zero-order chi connectivity index (χ0) is 10.5. The molecule has 15 heavy (non-hydrogen) atoms. The lowest BCUT2D eigenvalue weighted by Crippen LogP contribution is -2.22. The van der Waals surface area contributed by atoms with Gasteiger partial charge in [0.25, 0.3) is 0 Å². The fourth-order valence-corrected chi connectivity index (χ4v) is 1.98.